The van der Waals surface area contributed by atoms with Crippen molar-refractivity contribution in [2.45, 2.75) is 18.7 Å². The highest BCUT2D eigenvalue weighted by Gasteiger charge is 2.38. The normalized spacial score (nSPS) is 11.9. The number of hydrazine groups is 2. The fourth-order valence-electron chi connectivity index (χ4n) is 3.12. The maximum atomic E-state index is 13.3. The Labute approximate surface area is 219 Å². The second kappa shape index (κ2) is 13.4. The number of carbonyl (C=O) groups excluding carboxylic acids is 4. The number of amides is 2. The van der Waals surface area contributed by atoms with Gasteiger partial charge < -0.3 is 5.32 Å². The molecule has 0 spiro atoms. The van der Waals surface area contributed by atoms with Crippen molar-refractivity contribution in [3.63, 3.8) is 0 Å². The molecule has 0 aliphatic heterocycles. The monoisotopic (exact) mass is 538 g/mol. The van der Waals surface area contributed by atoms with Gasteiger partial charge in [0.15, 0.2) is 5.78 Å². The average molecular weight is 539 g/mol. The van der Waals surface area contributed by atoms with Gasteiger partial charge in [-0.05, 0) is 17.4 Å². The van der Waals surface area contributed by atoms with Crippen LogP contribution in [-0.4, -0.2) is 49.0 Å². The predicted molar refractivity (Wildman–Crippen MR) is 138 cm³/mol. The molecule has 0 radical (unpaired) electrons. The lowest BCUT2D eigenvalue weighted by molar-refractivity contribution is -0.132. The Hall–Kier alpha value is -4.23. The van der Waals surface area contributed by atoms with E-state index in [-0.39, 0.29) is 17.5 Å². The number of nitrogens with one attached hydrogen (secondary N) is 3. The Kier molecular flexibility index (Phi) is 9.96. The van der Waals surface area contributed by atoms with Crippen molar-refractivity contribution in [2.24, 2.45) is 0 Å². The van der Waals surface area contributed by atoms with Crippen LogP contribution in [0.5, 0.6) is 0 Å². The van der Waals surface area contributed by atoms with Gasteiger partial charge in [-0.2, -0.15) is 8.42 Å². The van der Waals surface area contributed by atoms with Crippen molar-refractivity contribution in [3.8, 4) is 0 Å². The minimum atomic E-state index is -4.96. The largest absolute Gasteiger partial charge is 0.331 e. The summed E-state index contributed by atoms with van der Waals surface area (Å²) < 4.78 is 31.6. The van der Waals surface area contributed by atoms with Gasteiger partial charge in [0.05, 0.1) is 6.54 Å². The van der Waals surface area contributed by atoms with Gasteiger partial charge >= 0.3 is 10.1 Å². The molecule has 198 valence electrons. The summed E-state index contributed by atoms with van der Waals surface area (Å²) in [6.45, 7) is 1.00. The van der Waals surface area contributed by atoms with Crippen LogP contribution < -0.4 is 16.2 Å². The molecule has 0 saturated heterocycles. The minimum absolute atomic E-state index is 0.00756. The highest BCUT2D eigenvalue weighted by Crippen LogP contribution is 2.12. The number of hydrogen-bond donors (Lipinski definition) is 3. The summed E-state index contributed by atoms with van der Waals surface area (Å²) in [7, 11) is -4.96. The van der Waals surface area contributed by atoms with Crippen molar-refractivity contribution < 1.29 is 31.9 Å². The number of hydrogen-bond acceptors (Lipinski definition) is 9. The molecule has 0 heterocycles. The number of ketones is 2. The van der Waals surface area contributed by atoms with E-state index in [1.165, 1.54) is 43.3 Å². The third kappa shape index (κ3) is 7.88. The third-order valence-electron chi connectivity index (χ3n) is 5.09. The molecule has 12 heteroatoms. The van der Waals surface area contributed by atoms with Crippen LogP contribution in [0.15, 0.2) is 91.0 Å². The zero-order valence-electron chi connectivity index (χ0n) is 20.4. The number of nitrogens with zero attached hydrogens (tertiary/aromatic N) is 1. The summed E-state index contributed by atoms with van der Waals surface area (Å²) in [6, 6.07) is 23.4. The fourth-order valence-corrected chi connectivity index (χ4v) is 4.18. The summed E-state index contributed by atoms with van der Waals surface area (Å²) in [5.41, 5.74) is 5.09. The lowest BCUT2D eigenvalue weighted by Gasteiger charge is -2.24. The molecular weight excluding hydrogens is 512 g/mol. The molecule has 3 N–H and O–H groups in total. The molecule has 0 aromatic heterocycles. The fraction of sp³-hybridized carbons (Fsp3) is 0.154. The number of benzene rings is 3. The average Bonchev–Trinajstić information content (AvgIpc) is 2.95. The smallest absolute Gasteiger partial charge is 0.315 e. The molecule has 38 heavy (non-hydrogen) atoms. The van der Waals surface area contributed by atoms with E-state index in [4.69, 9.17) is 4.28 Å². The van der Waals surface area contributed by atoms with Crippen LogP contribution in [0, 0.1) is 0 Å². The Balaban J connectivity index is 1.87. The number of carbonyl (C=O) groups is 4. The van der Waals surface area contributed by atoms with Gasteiger partial charge in [0.1, 0.15) is 0 Å². The van der Waals surface area contributed by atoms with E-state index < -0.39 is 45.4 Å². The van der Waals surface area contributed by atoms with Gasteiger partial charge in [-0.25, -0.2) is 10.9 Å². The van der Waals surface area contributed by atoms with Crippen LogP contribution in [0.1, 0.15) is 44.4 Å². The van der Waals surface area contributed by atoms with Gasteiger partial charge in [0.2, 0.25) is 17.1 Å². The van der Waals surface area contributed by atoms with E-state index in [0.29, 0.717) is 10.8 Å². The molecule has 3 rings (SSSR count). The van der Waals surface area contributed by atoms with Crippen LogP contribution in [0.2, 0.25) is 0 Å². The van der Waals surface area contributed by atoms with Crippen LogP contribution >= 0.6 is 0 Å². The number of rotatable bonds is 13. The molecule has 0 bridgehead atoms. The molecule has 3 aromatic rings. The molecular formula is C26H26N4O7S. The minimum Gasteiger partial charge on any atom is -0.331 e. The van der Waals surface area contributed by atoms with Crippen molar-refractivity contribution in [2.75, 3.05) is 6.54 Å². The Morgan fingerprint density at radius 3 is 1.82 bits per heavy atom. The first-order valence-corrected chi connectivity index (χ1v) is 13.0. The zero-order chi connectivity index (χ0) is 27.5. The predicted octanol–water partition coefficient (Wildman–Crippen LogP) is 2.02. The summed E-state index contributed by atoms with van der Waals surface area (Å²) in [4.78, 5) is 50.4. The van der Waals surface area contributed by atoms with E-state index in [1.807, 2.05) is 0 Å². The molecule has 3 aromatic carbocycles. The van der Waals surface area contributed by atoms with Gasteiger partial charge in [0, 0.05) is 23.1 Å². The Bertz CT molecular complexity index is 1370. The van der Waals surface area contributed by atoms with Crippen molar-refractivity contribution >= 4 is 33.5 Å². The quantitative estimate of drug-likeness (QED) is 0.219. The summed E-state index contributed by atoms with van der Waals surface area (Å²) in [5.74, 6) is -2.90. The zero-order valence-corrected chi connectivity index (χ0v) is 21.2. The Morgan fingerprint density at radius 1 is 0.789 bits per heavy atom. The van der Waals surface area contributed by atoms with E-state index in [2.05, 4.69) is 16.2 Å². The lowest BCUT2D eigenvalue weighted by Crippen LogP contribution is -2.56. The van der Waals surface area contributed by atoms with Crippen LogP contribution in [0.4, 0.5) is 0 Å². The number of Topliss-reactive ketones (excluding diaryl/α,β-unsaturated/α-hetero) is 2. The SMILES string of the molecule is CCC(=O)NC(C(=O)c1ccccc1)S(=O)(=O)ON(NCC(=O)c1ccccc1)NC(=O)c1ccccc1. The highest BCUT2D eigenvalue weighted by atomic mass is 32.2. The van der Waals surface area contributed by atoms with E-state index in [1.54, 1.807) is 54.6 Å². The third-order valence-corrected chi connectivity index (χ3v) is 6.36. The summed E-state index contributed by atoms with van der Waals surface area (Å²) in [6.07, 6.45) is -0.105. The van der Waals surface area contributed by atoms with Gasteiger partial charge in [-0.1, -0.05) is 85.8 Å². The van der Waals surface area contributed by atoms with Crippen LogP contribution in [0.25, 0.3) is 0 Å². The van der Waals surface area contributed by atoms with Crippen molar-refractivity contribution in [1.29, 1.82) is 0 Å². The van der Waals surface area contributed by atoms with Crippen LogP contribution in [-0.2, 0) is 19.2 Å². The molecule has 1 atom stereocenters. The second-order valence-electron chi connectivity index (χ2n) is 7.82. The van der Waals surface area contributed by atoms with Crippen molar-refractivity contribution in [3.05, 3.63) is 108 Å². The second-order valence-corrected chi connectivity index (χ2v) is 9.43. The molecule has 0 fully saturated rings. The topological polar surface area (TPSA) is 151 Å². The standard InChI is InChI=1S/C26H26N4O7S/c1-2-23(32)28-26(24(33)20-14-8-4-9-15-20)38(35,36)37-30(29-25(34)21-16-10-5-11-17-21)27-18-22(31)19-12-6-3-7-13-19/h3-17,26-27H,2,18H2,1H3,(H,28,32)(H,29,34). The van der Waals surface area contributed by atoms with Gasteiger partial charge in [-0.15, -0.1) is 4.28 Å². The van der Waals surface area contributed by atoms with Gasteiger partial charge in [-0.3, -0.25) is 19.2 Å². The van der Waals surface area contributed by atoms with Crippen molar-refractivity contribution in [1.82, 2.24) is 21.4 Å². The molecule has 0 aliphatic rings. The molecule has 2 amide bonds. The molecule has 11 nitrogen and oxygen atoms in total. The highest BCUT2D eigenvalue weighted by molar-refractivity contribution is 7.88. The molecule has 0 saturated carbocycles. The van der Waals surface area contributed by atoms with Gasteiger partial charge in [0.25, 0.3) is 5.91 Å². The lowest BCUT2D eigenvalue weighted by atomic mass is 10.1. The maximum Gasteiger partial charge on any atom is 0.315 e. The Morgan fingerprint density at radius 2 is 1.29 bits per heavy atom. The van der Waals surface area contributed by atoms with E-state index in [0.717, 1.165) is 0 Å². The maximum absolute atomic E-state index is 13.3. The van der Waals surface area contributed by atoms with E-state index >= 15 is 0 Å². The van der Waals surface area contributed by atoms with E-state index in [9.17, 15) is 27.6 Å². The first kappa shape index (κ1) is 28.3. The van der Waals surface area contributed by atoms with Crippen LogP contribution in [0.3, 0.4) is 0 Å². The first-order chi connectivity index (χ1) is 18.2. The first-order valence-electron chi connectivity index (χ1n) is 11.5. The summed E-state index contributed by atoms with van der Waals surface area (Å²) in [5, 5.41) is 0.340. The molecule has 1 unspecified atom stereocenters. The summed E-state index contributed by atoms with van der Waals surface area (Å²) >= 11 is 0. The molecule has 0 aliphatic carbocycles.